The molecule has 3 heteroatoms. The van der Waals surface area contributed by atoms with E-state index in [4.69, 9.17) is 5.73 Å². The Hall–Kier alpha value is -1.22. The summed E-state index contributed by atoms with van der Waals surface area (Å²) in [4.78, 5) is 0. The molecule has 0 radical (unpaired) electrons. The van der Waals surface area contributed by atoms with E-state index in [9.17, 15) is 0 Å². The van der Waals surface area contributed by atoms with Gasteiger partial charge in [0.15, 0.2) is 0 Å². The van der Waals surface area contributed by atoms with E-state index in [1.54, 1.807) is 0 Å². The average Bonchev–Trinajstić information content (AvgIpc) is 2.83. The van der Waals surface area contributed by atoms with Crippen LogP contribution in [-0.4, -0.2) is 18.1 Å². The van der Waals surface area contributed by atoms with Gasteiger partial charge in [0.2, 0.25) is 0 Å². The average molecular weight is 203 g/mol. The maximum Gasteiger partial charge on any atom is 0.0576 e. The number of nitrogen functional groups attached to an aromatic ring is 1. The van der Waals surface area contributed by atoms with Crippen LogP contribution in [0.2, 0.25) is 0 Å². The Bertz CT molecular complexity index is 364. The maximum atomic E-state index is 5.91. The van der Waals surface area contributed by atoms with E-state index in [1.807, 2.05) is 18.2 Å². The number of hydrogen-bond acceptors (Lipinski definition) is 3. The Morgan fingerprint density at radius 1 is 1.27 bits per heavy atom. The van der Waals surface area contributed by atoms with Crippen molar-refractivity contribution < 1.29 is 0 Å². The lowest BCUT2D eigenvalue weighted by Crippen LogP contribution is -2.33. The third kappa shape index (κ3) is 1.57. The molecule has 3 rings (SSSR count). The quantitative estimate of drug-likeness (QED) is 0.639. The van der Waals surface area contributed by atoms with E-state index in [2.05, 4.69) is 16.7 Å². The van der Waals surface area contributed by atoms with Crippen LogP contribution in [-0.2, 0) is 0 Å². The Kier molecular flexibility index (Phi) is 2.06. The highest BCUT2D eigenvalue weighted by molar-refractivity contribution is 5.66. The first-order valence-corrected chi connectivity index (χ1v) is 5.70. The number of hydrogen-bond donors (Lipinski definition) is 3. The molecule has 2 aliphatic heterocycles. The molecule has 2 aliphatic rings. The minimum Gasteiger partial charge on any atom is -0.397 e. The van der Waals surface area contributed by atoms with E-state index in [0.29, 0.717) is 12.1 Å². The summed E-state index contributed by atoms with van der Waals surface area (Å²) in [5.74, 6) is 0. The third-order valence-corrected chi connectivity index (χ3v) is 3.60. The zero-order chi connectivity index (χ0) is 10.3. The van der Waals surface area contributed by atoms with Crippen molar-refractivity contribution in [2.75, 3.05) is 11.1 Å². The molecule has 2 fully saturated rings. The van der Waals surface area contributed by atoms with Gasteiger partial charge in [0.05, 0.1) is 11.4 Å². The van der Waals surface area contributed by atoms with E-state index in [-0.39, 0.29) is 0 Å². The Morgan fingerprint density at radius 3 is 2.80 bits per heavy atom. The van der Waals surface area contributed by atoms with E-state index < -0.39 is 0 Å². The fraction of sp³-hybridized carbons (Fsp3) is 0.500. The van der Waals surface area contributed by atoms with Crippen LogP contribution >= 0.6 is 0 Å². The van der Waals surface area contributed by atoms with Crippen molar-refractivity contribution in [3.63, 3.8) is 0 Å². The fourth-order valence-corrected chi connectivity index (χ4v) is 2.81. The Morgan fingerprint density at radius 2 is 2.13 bits per heavy atom. The van der Waals surface area contributed by atoms with Gasteiger partial charge in [-0.1, -0.05) is 12.1 Å². The minimum atomic E-state index is 0.563. The molecule has 2 saturated heterocycles. The SMILES string of the molecule is Nc1ccccc1N[C@@H]1C[C@@H]2CCC1N2. The molecule has 0 spiro atoms. The molecule has 1 unspecified atom stereocenters. The van der Waals surface area contributed by atoms with Crippen LogP contribution in [0.15, 0.2) is 24.3 Å². The van der Waals surface area contributed by atoms with Crippen molar-refractivity contribution in [1.29, 1.82) is 0 Å². The monoisotopic (exact) mass is 203 g/mol. The fourth-order valence-electron chi connectivity index (χ4n) is 2.81. The van der Waals surface area contributed by atoms with Crippen molar-refractivity contribution in [2.45, 2.75) is 37.4 Å². The lowest BCUT2D eigenvalue weighted by atomic mass is 9.95. The van der Waals surface area contributed by atoms with Gasteiger partial charge in [0.1, 0.15) is 0 Å². The normalized spacial score (nSPS) is 33.2. The number of nitrogens with two attached hydrogens (primary N) is 1. The first kappa shape index (κ1) is 9.04. The third-order valence-electron chi connectivity index (χ3n) is 3.60. The number of anilines is 2. The van der Waals surface area contributed by atoms with Crippen LogP contribution in [0.25, 0.3) is 0 Å². The molecular weight excluding hydrogens is 186 g/mol. The van der Waals surface area contributed by atoms with Crippen molar-refractivity contribution in [3.05, 3.63) is 24.3 Å². The highest BCUT2D eigenvalue weighted by Crippen LogP contribution is 2.31. The summed E-state index contributed by atoms with van der Waals surface area (Å²) in [6, 6.07) is 9.95. The summed E-state index contributed by atoms with van der Waals surface area (Å²) < 4.78 is 0. The molecule has 3 nitrogen and oxygen atoms in total. The number of benzene rings is 1. The zero-order valence-electron chi connectivity index (χ0n) is 8.74. The van der Waals surface area contributed by atoms with Crippen LogP contribution in [0.3, 0.4) is 0 Å². The second kappa shape index (κ2) is 3.42. The van der Waals surface area contributed by atoms with Crippen molar-refractivity contribution >= 4 is 11.4 Å². The minimum absolute atomic E-state index is 0.563. The lowest BCUT2D eigenvalue weighted by Gasteiger charge is -2.23. The van der Waals surface area contributed by atoms with Crippen molar-refractivity contribution in [2.24, 2.45) is 0 Å². The molecule has 0 amide bonds. The molecule has 1 aromatic rings. The Balaban J connectivity index is 1.73. The summed E-state index contributed by atoms with van der Waals surface area (Å²) in [6.07, 6.45) is 3.88. The molecule has 0 aliphatic carbocycles. The lowest BCUT2D eigenvalue weighted by molar-refractivity contribution is 0.527. The molecule has 2 heterocycles. The summed E-state index contributed by atoms with van der Waals surface area (Å²) in [5.41, 5.74) is 7.84. The van der Waals surface area contributed by atoms with Gasteiger partial charge in [-0.2, -0.15) is 0 Å². The highest BCUT2D eigenvalue weighted by Gasteiger charge is 2.38. The first-order chi connectivity index (χ1) is 7.33. The molecule has 80 valence electrons. The molecule has 4 N–H and O–H groups in total. The highest BCUT2D eigenvalue weighted by atomic mass is 15.1. The van der Waals surface area contributed by atoms with Gasteiger partial charge >= 0.3 is 0 Å². The second-order valence-corrected chi connectivity index (χ2v) is 4.62. The number of fused-ring (bicyclic) bond motifs is 2. The molecule has 15 heavy (non-hydrogen) atoms. The van der Waals surface area contributed by atoms with E-state index in [1.165, 1.54) is 19.3 Å². The first-order valence-electron chi connectivity index (χ1n) is 5.70. The van der Waals surface area contributed by atoms with Crippen LogP contribution in [0.1, 0.15) is 19.3 Å². The van der Waals surface area contributed by atoms with Crippen LogP contribution < -0.4 is 16.4 Å². The van der Waals surface area contributed by atoms with Crippen LogP contribution in [0.4, 0.5) is 11.4 Å². The number of rotatable bonds is 2. The summed E-state index contributed by atoms with van der Waals surface area (Å²) in [6.45, 7) is 0. The summed E-state index contributed by atoms with van der Waals surface area (Å²) >= 11 is 0. The van der Waals surface area contributed by atoms with Gasteiger partial charge in [-0.05, 0) is 31.4 Å². The molecule has 0 aromatic heterocycles. The topological polar surface area (TPSA) is 50.1 Å². The van der Waals surface area contributed by atoms with Gasteiger partial charge in [-0.3, -0.25) is 0 Å². The predicted molar refractivity (Wildman–Crippen MR) is 62.8 cm³/mol. The van der Waals surface area contributed by atoms with Crippen LogP contribution in [0, 0.1) is 0 Å². The maximum absolute atomic E-state index is 5.91. The van der Waals surface area contributed by atoms with Crippen molar-refractivity contribution in [1.82, 2.24) is 5.32 Å². The molecule has 1 aromatic carbocycles. The van der Waals surface area contributed by atoms with E-state index >= 15 is 0 Å². The molecule has 2 bridgehead atoms. The van der Waals surface area contributed by atoms with Gasteiger partial charge < -0.3 is 16.4 Å². The van der Waals surface area contributed by atoms with Gasteiger partial charge in [0, 0.05) is 18.1 Å². The Labute approximate surface area is 90.0 Å². The largest absolute Gasteiger partial charge is 0.397 e. The smallest absolute Gasteiger partial charge is 0.0576 e. The van der Waals surface area contributed by atoms with Crippen molar-refractivity contribution in [3.8, 4) is 0 Å². The van der Waals surface area contributed by atoms with Crippen LogP contribution in [0.5, 0.6) is 0 Å². The summed E-state index contributed by atoms with van der Waals surface area (Å²) in [7, 11) is 0. The van der Waals surface area contributed by atoms with Gasteiger partial charge in [-0.25, -0.2) is 0 Å². The van der Waals surface area contributed by atoms with E-state index in [0.717, 1.165) is 17.4 Å². The zero-order valence-corrected chi connectivity index (χ0v) is 8.74. The summed E-state index contributed by atoms with van der Waals surface area (Å²) in [5, 5.41) is 7.17. The predicted octanol–water partition coefficient (Wildman–Crippen LogP) is 1.57. The van der Waals surface area contributed by atoms with Gasteiger partial charge in [0.25, 0.3) is 0 Å². The van der Waals surface area contributed by atoms with Gasteiger partial charge in [-0.15, -0.1) is 0 Å². The number of nitrogens with one attached hydrogen (secondary N) is 2. The standard InChI is InChI=1S/C12H17N3/c13-9-3-1-2-4-10(9)15-12-7-8-5-6-11(12)14-8/h1-4,8,11-12,14-15H,5-7,13H2/t8-,11?,12+/m0/s1. The second-order valence-electron chi connectivity index (χ2n) is 4.62. The molecule has 0 saturated carbocycles. The number of para-hydroxylation sites is 2. The molecule has 3 atom stereocenters. The molecular formula is C12H17N3.